The number of allylic oxidation sites excluding steroid dienone is 6. The van der Waals surface area contributed by atoms with Gasteiger partial charge in [0.25, 0.3) is 0 Å². The number of hydrogen-bond acceptors (Lipinski definition) is 5. The molecule has 0 spiro atoms. The Morgan fingerprint density at radius 2 is 0.595 bits per heavy atom. The minimum atomic E-state index is -0.664. The maximum Gasteiger partial charge on any atom is 0.305 e. The zero-order valence-electron chi connectivity index (χ0n) is 56.9. The van der Waals surface area contributed by atoms with E-state index in [9.17, 15) is 19.8 Å². The second-order valence-electron chi connectivity index (χ2n) is 26.3. The van der Waals surface area contributed by atoms with Crippen LogP contribution in [0, 0.1) is 0 Å². The summed E-state index contributed by atoms with van der Waals surface area (Å²) in [4.78, 5) is 24.7. The van der Waals surface area contributed by atoms with Gasteiger partial charge in [-0.2, -0.15) is 0 Å². The van der Waals surface area contributed by atoms with Crippen LogP contribution in [0.2, 0.25) is 0 Å². The van der Waals surface area contributed by atoms with Gasteiger partial charge in [-0.15, -0.1) is 0 Å². The molecule has 0 radical (unpaired) electrons. The van der Waals surface area contributed by atoms with Crippen LogP contribution >= 0.6 is 0 Å². The predicted molar refractivity (Wildman–Crippen MR) is 370 cm³/mol. The lowest BCUT2D eigenvalue weighted by Crippen LogP contribution is -2.45. The standard InChI is InChI=1S/C78H149NO5/c1-3-5-7-9-11-13-15-17-19-21-22-35-39-42-46-50-54-58-62-66-70-76(81)75(74-80)79-77(82)71-67-63-59-55-51-47-43-40-36-33-31-29-27-25-23-24-26-28-30-32-34-37-41-45-49-53-57-61-65-69-73-84-78(83)72-68-64-60-56-52-48-44-38-20-18-16-14-12-10-8-6-4-2/h12,14,18,20,24,26,75-76,80-81H,3-11,13,15-17,19,21-23,25,27-74H2,1-2H3,(H,79,82)/b14-12-,20-18-,26-24-. The van der Waals surface area contributed by atoms with Gasteiger partial charge in [-0.1, -0.05) is 365 Å². The molecule has 84 heavy (non-hydrogen) atoms. The Labute approximate surface area is 525 Å². The number of rotatable bonds is 72. The van der Waals surface area contributed by atoms with E-state index in [1.54, 1.807) is 0 Å². The number of amides is 1. The van der Waals surface area contributed by atoms with Gasteiger partial charge in [-0.25, -0.2) is 0 Å². The molecule has 2 unspecified atom stereocenters. The van der Waals surface area contributed by atoms with E-state index in [0.29, 0.717) is 25.9 Å². The van der Waals surface area contributed by atoms with Crippen LogP contribution in [0.4, 0.5) is 0 Å². The molecular weight excluding hydrogens is 1030 g/mol. The maximum atomic E-state index is 12.6. The van der Waals surface area contributed by atoms with Gasteiger partial charge in [0.05, 0.1) is 25.4 Å². The molecule has 6 heteroatoms. The monoisotopic (exact) mass is 1180 g/mol. The van der Waals surface area contributed by atoms with Crippen molar-refractivity contribution in [2.24, 2.45) is 0 Å². The quantitative estimate of drug-likeness (QED) is 0.0320. The molecule has 496 valence electrons. The zero-order chi connectivity index (χ0) is 60.6. The second kappa shape index (κ2) is 73.5. The molecule has 0 saturated heterocycles. The number of nitrogens with one attached hydrogen (secondary N) is 1. The largest absolute Gasteiger partial charge is 0.466 e. The molecule has 0 rings (SSSR count). The summed E-state index contributed by atoms with van der Waals surface area (Å²) in [6, 6.07) is -0.541. The van der Waals surface area contributed by atoms with Gasteiger partial charge in [0.2, 0.25) is 5.91 Å². The highest BCUT2D eigenvalue weighted by molar-refractivity contribution is 5.76. The third kappa shape index (κ3) is 69.2. The van der Waals surface area contributed by atoms with E-state index < -0.39 is 12.1 Å². The van der Waals surface area contributed by atoms with Crippen LogP contribution in [0.15, 0.2) is 36.5 Å². The van der Waals surface area contributed by atoms with E-state index >= 15 is 0 Å². The number of aliphatic hydroxyl groups is 2. The van der Waals surface area contributed by atoms with Crippen LogP contribution in [0.25, 0.3) is 0 Å². The first kappa shape index (κ1) is 82.1. The van der Waals surface area contributed by atoms with Crippen molar-refractivity contribution in [3.05, 3.63) is 36.5 Å². The summed E-state index contributed by atoms with van der Waals surface area (Å²) >= 11 is 0. The molecular formula is C78H149NO5. The zero-order valence-corrected chi connectivity index (χ0v) is 56.9. The Morgan fingerprint density at radius 3 is 0.940 bits per heavy atom. The minimum absolute atomic E-state index is 0.0100. The van der Waals surface area contributed by atoms with Crippen LogP contribution in [0.3, 0.4) is 0 Å². The van der Waals surface area contributed by atoms with Gasteiger partial charge in [-0.3, -0.25) is 9.59 Å². The highest BCUT2D eigenvalue weighted by atomic mass is 16.5. The molecule has 1 amide bonds. The molecule has 6 nitrogen and oxygen atoms in total. The van der Waals surface area contributed by atoms with Crippen molar-refractivity contribution in [3.8, 4) is 0 Å². The van der Waals surface area contributed by atoms with E-state index in [-0.39, 0.29) is 18.5 Å². The molecule has 0 fully saturated rings. The van der Waals surface area contributed by atoms with Gasteiger partial charge in [-0.05, 0) is 83.5 Å². The average molecular weight is 1180 g/mol. The number of unbranched alkanes of at least 4 members (excludes halogenated alkanes) is 55. The average Bonchev–Trinajstić information content (AvgIpc) is 3.51. The Kier molecular flexibility index (Phi) is 71.9. The molecule has 0 aliphatic heterocycles. The lowest BCUT2D eigenvalue weighted by Gasteiger charge is -2.22. The maximum absolute atomic E-state index is 12.6. The molecule has 0 aromatic rings. The third-order valence-corrected chi connectivity index (χ3v) is 17.9. The van der Waals surface area contributed by atoms with Crippen molar-refractivity contribution in [1.82, 2.24) is 5.32 Å². The third-order valence-electron chi connectivity index (χ3n) is 17.9. The van der Waals surface area contributed by atoms with Crippen molar-refractivity contribution in [2.75, 3.05) is 13.2 Å². The van der Waals surface area contributed by atoms with Gasteiger partial charge in [0.1, 0.15) is 0 Å². The van der Waals surface area contributed by atoms with Crippen molar-refractivity contribution in [1.29, 1.82) is 0 Å². The molecule has 0 aliphatic rings. The number of ether oxygens (including phenoxy) is 1. The number of carbonyl (C=O) groups is 2. The fraction of sp³-hybridized carbons (Fsp3) is 0.897. The van der Waals surface area contributed by atoms with Gasteiger partial charge in [0, 0.05) is 12.8 Å². The van der Waals surface area contributed by atoms with Gasteiger partial charge in [0.15, 0.2) is 0 Å². The first-order chi connectivity index (χ1) is 41.5. The first-order valence-electron chi connectivity index (χ1n) is 38.2. The van der Waals surface area contributed by atoms with Crippen LogP contribution in [0.5, 0.6) is 0 Å². The predicted octanol–water partition coefficient (Wildman–Crippen LogP) is 25.0. The van der Waals surface area contributed by atoms with Crippen LogP contribution in [0.1, 0.15) is 425 Å². The molecule has 2 atom stereocenters. The molecule has 0 aromatic carbocycles. The van der Waals surface area contributed by atoms with Crippen LogP contribution in [-0.4, -0.2) is 47.4 Å². The minimum Gasteiger partial charge on any atom is -0.466 e. The van der Waals surface area contributed by atoms with Gasteiger partial charge >= 0.3 is 5.97 Å². The van der Waals surface area contributed by atoms with E-state index in [1.807, 2.05) is 0 Å². The summed E-state index contributed by atoms with van der Waals surface area (Å²) in [5, 5.41) is 23.4. The summed E-state index contributed by atoms with van der Waals surface area (Å²) in [5.74, 6) is -0.0191. The Bertz CT molecular complexity index is 1360. The highest BCUT2D eigenvalue weighted by Crippen LogP contribution is 2.19. The molecule has 0 heterocycles. The second-order valence-corrected chi connectivity index (χ2v) is 26.3. The lowest BCUT2D eigenvalue weighted by molar-refractivity contribution is -0.143. The normalized spacial score (nSPS) is 12.7. The summed E-state index contributed by atoms with van der Waals surface area (Å²) in [7, 11) is 0. The Hall–Kier alpha value is -1.92. The summed E-state index contributed by atoms with van der Waals surface area (Å²) in [5.41, 5.74) is 0. The van der Waals surface area contributed by atoms with E-state index in [2.05, 4.69) is 55.6 Å². The fourth-order valence-electron chi connectivity index (χ4n) is 12.1. The Morgan fingerprint density at radius 1 is 0.333 bits per heavy atom. The highest BCUT2D eigenvalue weighted by Gasteiger charge is 2.20. The topological polar surface area (TPSA) is 95.9 Å². The smallest absolute Gasteiger partial charge is 0.305 e. The molecule has 0 bridgehead atoms. The number of esters is 1. The fourth-order valence-corrected chi connectivity index (χ4v) is 12.1. The summed E-state index contributed by atoms with van der Waals surface area (Å²) in [6.45, 7) is 4.97. The molecule has 3 N–H and O–H groups in total. The number of hydrogen-bond donors (Lipinski definition) is 3. The number of aliphatic hydroxyl groups excluding tert-OH is 2. The summed E-state index contributed by atoms with van der Waals surface area (Å²) in [6.07, 6.45) is 95.0. The van der Waals surface area contributed by atoms with Gasteiger partial charge < -0.3 is 20.3 Å². The van der Waals surface area contributed by atoms with Crippen LogP contribution in [-0.2, 0) is 14.3 Å². The first-order valence-corrected chi connectivity index (χ1v) is 38.2. The molecule has 0 aromatic heterocycles. The lowest BCUT2D eigenvalue weighted by atomic mass is 10.0. The van der Waals surface area contributed by atoms with Crippen molar-refractivity contribution >= 4 is 11.9 Å². The van der Waals surface area contributed by atoms with Crippen LogP contribution < -0.4 is 5.32 Å². The van der Waals surface area contributed by atoms with Crippen molar-refractivity contribution in [3.63, 3.8) is 0 Å². The van der Waals surface area contributed by atoms with E-state index in [0.717, 1.165) is 51.4 Å². The molecule has 0 saturated carbocycles. The van der Waals surface area contributed by atoms with E-state index in [1.165, 1.54) is 340 Å². The van der Waals surface area contributed by atoms with E-state index in [4.69, 9.17) is 4.74 Å². The number of carbonyl (C=O) groups excluding carboxylic acids is 2. The van der Waals surface area contributed by atoms with Crippen molar-refractivity contribution < 1.29 is 24.5 Å². The Balaban J connectivity index is 3.36. The summed E-state index contributed by atoms with van der Waals surface area (Å²) < 4.78 is 5.50. The molecule has 0 aliphatic carbocycles. The van der Waals surface area contributed by atoms with Crippen molar-refractivity contribution in [2.45, 2.75) is 437 Å². The SMILES string of the molecule is CCCCC/C=C\C/C=C\CCCCCCCCCC(=O)OCCCCCCCCCCCCCC/C=C\CCCCCCCCCCCCCCCCC(=O)NC(CO)C(O)CCCCCCCCCCCCCCCCCCCCCC.